The number of carbonyl (C=O) groups is 2. The molecule has 1 aliphatic heterocycles. The van der Waals surface area contributed by atoms with E-state index in [1.807, 2.05) is 6.07 Å². The molecule has 27 heavy (non-hydrogen) atoms. The van der Waals surface area contributed by atoms with Gasteiger partial charge in [-0.25, -0.2) is 4.79 Å². The summed E-state index contributed by atoms with van der Waals surface area (Å²) in [5.74, 6) is -0.0999. The number of piperidine rings is 1. The van der Waals surface area contributed by atoms with Gasteiger partial charge in [-0.15, -0.1) is 12.4 Å². The van der Waals surface area contributed by atoms with E-state index >= 15 is 0 Å². The molecule has 0 bridgehead atoms. The van der Waals surface area contributed by atoms with Gasteiger partial charge in [-0.1, -0.05) is 6.42 Å². The fourth-order valence-electron chi connectivity index (χ4n) is 3.48. The molecule has 2 heterocycles. The second kappa shape index (κ2) is 9.24. The van der Waals surface area contributed by atoms with Gasteiger partial charge in [-0.3, -0.25) is 9.69 Å². The lowest BCUT2D eigenvalue weighted by Crippen LogP contribution is -2.33. The number of rotatable bonds is 6. The smallest absolute Gasteiger partial charge is 0.374 e. The van der Waals surface area contributed by atoms with Gasteiger partial charge in [-0.05, 0) is 51.9 Å². The molecule has 0 radical (unpaired) electrons. The Hall–Kier alpha value is -2.05. The number of halogens is 1. The number of Topliss-reactive ketones (excluding diaryl/α,β-unsaturated/α-hetero) is 1. The van der Waals surface area contributed by atoms with E-state index in [4.69, 9.17) is 13.9 Å². The molecule has 1 aliphatic rings. The van der Waals surface area contributed by atoms with Crippen molar-refractivity contribution < 1.29 is 23.5 Å². The van der Waals surface area contributed by atoms with E-state index in [9.17, 15) is 9.59 Å². The van der Waals surface area contributed by atoms with Crippen molar-refractivity contribution in [3.63, 3.8) is 0 Å². The molecule has 0 spiro atoms. The van der Waals surface area contributed by atoms with Crippen LogP contribution in [0, 0.1) is 6.92 Å². The summed E-state index contributed by atoms with van der Waals surface area (Å²) in [6.45, 7) is 6.79. The zero-order valence-electron chi connectivity index (χ0n) is 16.0. The third-order valence-corrected chi connectivity index (χ3v) is 4.90. The number of likely N-dealkylation sites (tertiary alicyclic amines) is 1. The lowest BCUT2D eigenvalue weighted by molar-refractivity contribution is 0.0566. The van der Waals surface area contributed by atoms with Crippen LogP contribution in [0.2, 0.25) is 0 Å². The number of methoxy groups -OCH3 is 1. The summed E-state index contributed by atoms with van der Waals surface area (Å²) in [6.07, 6.45) is 3.75. The number of nitrogens with zero attached hydrogens (tertiary/aromatic N) is 1. The van der Waals surface area contributed by atoms with Crippen molar-refractivity contribution in [2.45, 2.75) is 33.1 Å². The predicted octanol–water partition coefficient (Wildman–Crippen LogP) is 4.02. The maximum Gasteiger partial charge on any atom is 0.374 e. The molecule has 0 N–H and O–H groups in total. The minimum Gasteiger partial charge on any atom is -0.491 e. The molecule has 0 saturated carbocycles. The summed E-state index contributed by atoms with van der Waals surface area (Å²) < 4.78 is 16.4. The van der Waals surface area contributed by atoms with Crippen molar-refractivity contribution in [2.75, 3.05) is 33.4 Å². The number of hydrogen-bond acceptors (Lipinski definition) is 6. The topological polar surface area (TPSA) is 69.0 Å². The Labute approximate surface area is 165 Å². The first-order valence-electron chi connectivity index (χ1n) is 9.03. The highest BCUT2D eigenvalue weighted by Gasteiger charge is 2.24. The van der Waals surface area contributed by atoms with Gasteiger partial charge in [0.1, 0.15) is 23.5 Å². The van der Waals surface area contributed by atoms with Crippen LogP contribution in [0.1, 0.15) is 52.7 Å². The van der Waals surface area contributed by atoms with Crippen LogP contribution in [-0.4, -0.2) is 50.0 Å². The highest BCUT2D eigenvalue weighted by molar-refractivity contribution is 6.09. The highest BCUT2D eigenvalue weighted by atomic mass is 35.5. The van der Waals surface area contributed by atoms with E-state index in [0.717, 1.165) is 25.0 Å². The van der Waals surface area contributed by atoms with Gasteiger partial charge in [0.05, 0.1) is 7.11 Å². The number of carbonyl (C=O) groups excluding carboxylic acids is 2. The van der Waals surface area contributed by atoms with Crippen LogP contribution in [0.15, 0.2) is 16.5 Å². The third kappa shape index (κ3) is 4.45. The van der Waals surface area contributed by atoms with Crippen molar-refractivity contribution in [1.29, 1.82) is 0 Å². The van der Waals surface area contributed by atoms with Gasteiger partial charge in [0.15, 0.2) is 5.78 Å². The van der Waals surface area contributed by atoms with Crippen molar-refractivity contribution in [3.8, 4) is 5.75 Å². The first-order chi connectivity index (χ1) is 12.5. The van der Waals surface area contributed by atoms with Gasteiger partial charge in [-0.2, -0.15) is 0 Å². The molecular formula is C20H26ClNO5. The van der Waals surface area contributed by atoms with Crippen LogP contribution in [0.3, 0.4) is 0 Å². The zero-order chi connectivity index (χ0) is 18.7. The van der Waals surface area contributed by atoms with Crippen molar-refractivity contribution in [1.82, 2.24) is 4.90 Å². The van der Waals surface area contributed by atoms with E-state index in [1.54, 1.807) is 13.0 Å². The molecule has 1 aromatic heterocycles. The van der Waals surface area contributed by atoms with Crippen LogP contribution >= 0.6 is 12.4 Å². The first-order valence-corrected chi connectivity index (χ1v) is 9.03. The van der Waals surface area contributed by atoms with Crippen molar-refractivity contribution >= 4 is 35.1 Å². The highest BCUT2D eigenvalue weighted by Crippen LogP contribution is 2.34. The molecule has 1 fully saturated rings. The number of aryl methyl sites for hydroxylation is 1. The Morgan fingerprint density at radius 2 is 1.89 bits per heavy atom. The van der Waals surface area contributed by atoms with Gasteiger partial charge < -0.3 is 13.9 Å². The van der Waals surface area contributed by atoms with Crippen LogP contribution in [0.25, 0.3) is 11.0 Å². The van der Waals surface area contributed by atoms with E-state index in [0.29, 0.717) is 29.1 Å². The van der Waals surface area contributed by atoms with E-state index in [1.165, 1.54) is 33.3 Å². The number of ketones is 1. The summed E-state index contributed by atoms with van der Waals surface area (Å²) >= 11 is 0. The van der Waals surface area contributed by atoms with Crippen LogP contribution < -0.4 is 4.74 Å². The number of furan rings is 1. The van der Waals surface area contributed by atoms with Crippen LogP contribution in [0.4, 0.5) is 0 Å². The Bertz CT molecular complexity index is 823. The number of esters is 1. The number of benzene rings is 1. The molecule has 2 aromatic rings. The fraction of sp³-hybridized carbons (Fsp3) is 0.500. The summed E-state index contributed by atoms with van der Waals surface area (Å²) in [4.78, 5) is 26.5. The van der Waals surface area contributed by atoms with Crippen LogP contribution in [0.5, 0.6) is 5.75 Å². The summed E-state index contributed by atoms with van der Waals surface area (Å²) in [7, 11) is 1.30. The lowest BCUT2D eigenvalue weighted by atomic mass is 10.0. The maximum absolute atomic E-state index is 12.2. The number of ether oxygens (including phenoxy) is 2. The Morgan fingerprint density at radius 3 is 2.52 bits per heavy atom. The molecule has 3 rings (SSSR count). The number of fused-ring (bicyclic) bond motifs is 1. The second-order valence-electron chi connectivity index (χ2n) is 6.67. The molecule has 0 atom stereocenters. The standard InChI is InChI=1S/C20H25NO5.ClH/c1-13-15-7-8-16(25-12-11-21-9-5-4-6-10-21)17(14(2)22)19(15)26-18(13)20(23)24-3;/h7-8H,4-6,9-12H2,1-3H3;1H. The second-order valence-corrected chi connectivity index (χ2v) is 6.67. The van der Waals surface area contributed by atoms with Gasteiger partial charge in [0.2, 0.25) is 5.76 Å². The van der Waals surface area contributed by atoms with Crippen molar-refractivity contribution in [2.24, 2.45) is 0 Å². The average Bonchev–Trinajstić information content (AvgIpc) is 2.98. The third-order valence-electron chi connectivity index (χ3n) is 4.90. The van der Waals surface area contributed by atoms with Crippen molar-refractivity contribution in [3.05, 3.63) is 29.0 Å². The summed E-state index contributed by atoms with van der Waals surface area (Å²) in [5.41, 5.74) is 1.42. The Kier molecular flexibility index (Phi) is 7.27. The van der Waals surface area contributed by atoms with Gasteiger partial charge in [0.25, 0.3) is 0 Å². The molecule has 1 saturated heterocycles. The monoisotopic (exact) mass is 395 g/mol. The van der Waals surface area contributed by atoms with E-state index in [-0.39, 0.29) is 24.0 Å². The molecule has 0 aliphatic carbocycles. The summed E-state index contributed by atoms with van der Waals surface area (Å²) in [6, 6.07) is 3.60. The SMILES string of the molecule is COC(=O)c1oc2c(C(C)=O)c(OCCN3CCCCC3)ccc2c1C.Cl. The van der Waals surface area contributed by atoms with E-state index < -0.39 is 5.97 Å². The molecule has 6 nitrogen and oxygen atoms in total. The zero-order valence-corrected chi connectivity index (χ0v) is 16.8. The number of hydrogen-bond donors (Lipinski definition) is 0. The Balaban J connectivity index is 0.00000261. The summed E-state index contributed by atoms with van der Waals surface area (Å²) in [5, 5.41) is 0.721. The maximum atomic E-state index is 12.2. The lowest BCUT2D eigenvalue weighted by Gasteiger charge is -2.26. The minimum atomic E-state index is -0.555. The van der Waals surface area contributed by atoms with Gasteiger partial charge in [0, 0.05) is 17.5 Å². The molecular weight excluding hydrogens is 370 g/mol. The molecule has 0 amide bonds. The quantitative estimate of drug-likeness (QED) is 0.543. The molecule has 1 aromatic carbocycles. The Morgan fingerprint density at radius 1 is 1.19 bits per heavy atom. The largest absolute Gasteiger partial charge is 0.491 e. The van der Waals surface area contributed by atoms with Gasteiger partial charge >= 0.3 is 5.97 Å². The molecule has 7 heteroatoms. The molecule has 148 valence electrons. The van der Waals surface area contributed by atoms with Crippen LogP contribution in [-0.2, 0) is 4.74 Å². The minimum absolute atomic E-state index is 0. The normalized spacial score (nSPS) is 14.6. The average molecular weight is 396 g/mol. The predicted molar refractivity (Wildman–Crippen MR) is 105 cm³/mol. The van der Waals surface area contributed by atoms with E-state index in [2.05, 4.69) is 4.90 Å². The first kappa shape index (κ1) is 21.3. The fourth-order valence-corrected chi connectivity index (χ4v) is 3.48. The molecule has 0 unspecified atom stereocenters.